The van der Waals surface area contributed by atoms with Gasteiger partial charge >= 0.3 is 239 Å². The van der Waals surface area contributed by atoms with Crippen LogP contribution in [-0.4, -0.2) is 10.9 Å². The second-order valence-corrected chi connectivity index (χ2v) is 46.8. The molecule has 41 heavy (non-hydrogen) atoms. The van der Waals surface area contributed by atoms with Gasteiger partial charge in [-0.25, -0.2) is 0 Å². The molecule has 0 saturated heterocycles. The van der Waals surface area contributed by atoms with Crippen LogP contribution in [0, 0.1) is 0 Å². The normalized spacial score (nSPS) is 19.5. The van der Waals surface area contributed by atoms with E-state index in [4.69, 9.17) is 0 Å². The Morgan fingerprint density at radius 3 is 1.29 bits per heavy atom. The van der Waals surface area contributed by atoms with Crippen molar-refractivity contribution in [1.82, 2.24) is 0 Å². The molecule has 2 aliphatic heterocycles. The van der Waals surface area contributed by atoms with E-state index in [2.05, 4.69) is 123 Å². The van der Waals surface area contributed by atoms with Crippen molar-refractivity contribution in [1.29, 1.82) is 0 Å². The van der Waals surface area contributed by atoms with E-state index in [9.17, 15) is 0 Å². The van der Waals surface area contributed by atoms with Crippen LogP contribution < -0.4 is 24.8 Å². The summed E-state index contributed by atoms with van der Waals surface area (Å²) in [4.78, 5) is 0. The molecule has 5 heteroatoms. The quantitative estimate of drug-likeness (QED) is 0.287. The van der Waals surface area contributed by atoms with Gasteiger partial charge in [-0.1, -0.05) is 0 Å². The fourth-order valence-electron chi connectivity index (χ4n) is 8.97. The summed E-state index contributed by atoms with van der Waals surface area (Å²) in [7, 11) is 0. The first-order valence-electron chi connectivity index (χ1n) is 14.6. The standard InChI is InChI=1S/2C16H13.C4H8Si2.2ClH.Zr/c2*1-12-10-14-8-5-9-15(16(14)11-12)13-6-3-2-4-7-13;1-2-6-4-3-5-1;;;/h2*2-11H,1H3;1-4H2;2*1H;/q;;;;;+2/p-2. The van der Waals surface area contributed by atoms with Crippen LogP contribution >= 0.6 is 0 Å². The molecule has 0 nitrogen and oxygen atoms in total. The number of rotatable bonds is 4. The second-order valence-electron chi connectivity index (χ2n) is 12.1. The predicted octanol–water partition coefficient (Wildman–Crippen LogP) is 3.81. The molecular weight excluding hydrogens is 651 g/mol. The van der Waals surface area contributed by atoms with Crippen LogP contribution in [0.1, 0.15) is 43.4 Å². The Morgan fingerprint density at radius 2 is 0.902 bits per heavy atom. The summed E-state index contributed by atoms with van der Waals surface area (Å²) in [6, 6.07) is 43.4. The molecule has 2 heterocycles. The van der Waals surface area contributed by atoms with Crippen LogP contribution in [0.15, 0.2) is 108 Å². The third-order valence-corrected chi connectivity index (χ3v) is 69.3. The Kier molecular flexibility index (Phi) is 8.15. The minimum atomic E-state index is -2.76. The van der Waals surface area contributed by atoms with Gasteiger partial charge in [0.1, 0.15) is 0 Å². The molecule has 0 N–H and O–H groups in total. The van der Waals surface area contributed by atoms with E-state index in [0.29, 0.717) is 0 Å². The number of benzene rings is 4. The van der Waals surface area contributed by atoms with Gasteiger partial charge < -0.3 is 24.8 Å². The Hall–Kier alpha value is -1.74. The summed E-state index contributed by atoms with van der Waals surface area (Å²) in [5.74, 6) is 0. The van der Waals surface area contributed by atoms with E-state index in [1.807, 2.05) is 0 Å². The van der Waals surface area contributed by atoms with Crippen LogP contribution in [0.3, 0.4) is 0 Å². The van der Waals surface area contributed by atoms with Gasteiger partial charge in [-0.05, 0) is 0 Å². The van der Waals surface area contributed by atoms with Gasteiger partial charge in [0.2, 0.25) is 0 Å². The zero-order chi connectivity index (χ0) is 26.1. The maximum atomic E-state index is 2.64. The molecule has 0 aromatic heterocycles. The first-order chi connectivity index (χ1) is 19.2. The molecule has 2 bridgehead atoms. The van der Waals surface area contributed by atoms with Gasteiger partial charge in [0.05, 0.1) is 0 Å². The van der Waals surface area contributed by atoms with Gasteiger partial charge in [-0.2, -0.15) is 0 Å². The topological polar surface area (TPSA) is 0 Å². The number of hydrogen-bond acceptors (Lipinski definition) is 0. The van der Waals surface area contributed by atoms with E-state index >= 15 is 0 Å². The fraction of sp³-hybridized carbons (Fsp3) is 0.222. The van der Waals surface area contributed by atoms with Crippen molar-refractivity contribution in [3.05, 3.63) is 130 Å². The monoisotopic (exact) mass is 682 g/mol. The first-order valence-corrected chi connectivity index (χ1v) is 28.7. The molecule has 2 aliphatic carbocycles. The van der Waals surface area contributed by atoms with Crippen molar-refractivity contribution in [2.75, 3.05) is 0 Å². The van der Waals surface area contributed by atoms with E-state index in [1.54, 1.807) is 57.6 Å². The first kappa shape index (κ1) is 29.3. The maximum Gasteiger partial charge on any atom is -1.00 e. The third-order valence-electron chi connectivity index (χ3n) is 10.3. The number of allylic oxidation sites excluding steroid dienone is 2. The zero-order valence-electron chi connectivity index (χ0n) is 23.6. The van der Waals surface area contributed by atoms with Crippen molar-refractivity contribution >= 4 is 23.0 Å². The fourth-order valence-corrected chi connectivity index (χ4v) is 92.3. The molecule has 0 fully saturated rings. The van der Waals surface area contributed by atoms with Gasteiger partial charge in [-0.15, -0.1) is 0 Å². The van der Waals surface area contributed by atoms with Gasteiger partial charge in [0.15, 0.2) is 0 Å². The molecule has 204 valence electrons. The number of fused-ring (bicyclic) bond motifs is 2. The molecule has 0 spiro atoms. The third kappa shape index (κ3) is 4.29. The Labute approximate surface area is 261 Å². The smallest absolute Gasteiger partial charge is 1.00 e. The largest absolute Gasteiger partial charge is 1.00 e. The van der Waals surface area contributed by atoms with E-state index in [0.717, 1.165) is 7.25 Å². The van der Waals surface area contributed by atoms with Crippen LogP contribution in [0.4, 0.5) is 0 Å². The molecule has 2 unspecified atom stereocenters. The van der Waals surface area contributed by atoms with Gasteiger partial charge in [-0.3, -0.25) is 0 Å². The summed E-state index contributed by atoms with van der Waals surface area (Å²) >= 11 is -2.76. The van der Waals surface area contributed by atoms with Crippen molar-refractivity contribution < 1.29 is 42.3 Å². The van der Waals surface area contributed by atoms with Crippen molar-refractivity contribution in [3.8, 4) is 22.3 Å². The van der Waals surface area contributed by atoms with Crippen molar-refractivity contribution in [2.45, 2.75) is 45.3 Å². The summed E-state index contributed by atoms with van der Waals surface area (Å²) in [6.07, 6.45) is 5.28. The van der Waals surface area contributed by atoms with Gasteiger partial charge in [0.25, 0.3) is 0 Å². The Balaban J connectivity index is 0.00000151. The summed E-state index contributed by atoms with van der Waals surface area (Å²) in [5, 5.41) is 0. The molecule has 0 amide bonds. The maximum absolute atomic E-state index is 2.76. The van der Waals surface area contributed by atoms with E-state index < -0.39 is 17.5 Å². The van der Waals surface area contributed by atoms with Crippen LogP contribution in [0.25, 0.3) is 34.4 Å². The van der Waals surface area contributed by atoms with Crippen molar-refractivity contribution in [2.24, 2.45) is 0 Å². The molecular formula is C36H34Cl2Si2Zr. The number of hydrogen-bond donors (Lipinski definition) is 0. The molecule has 2 atom stereocenters. The molecule has 4 aromatic carbocycles. The minimum absolute atomic E-state index is 0. The average molecular weight is 685 g/mol. The summed E-state index contributed by atoms with van der Waals surface area (Å²) in [6.45, 7) is 5.05. The molecule has 0 radical (unpaired) electrons. The molecule has 0 saturated carbocycles. The average Bonchev–Trinajstić information content (AvgIpc) is 3.71. The van der Waals surface area contributed by atoms with Crippen LogP contribution in [-0.2, 0) is 17.5 Å². The van der Waals surface area contributed by atoms with Crippen LogP contribution in [0.2, 0.25) is 24.2 Å². The van der Waals surface area contributed by atoms with Crippen molar-refractivity contribution in [3.63, 3.8) is 0 Å². The predicted molar refractivity (Wildman–Crippen MR) is 167 cm³/mol. The Morgan fingerprint density at radius 1 is 0.512 bits per heavy atom. The van der Waals surface area contributed by atoms with Crippen LogP contribution in [0.5, 0.6) is 0 Å². The Bertz CT molecular complexity index is 1710. The van der Waals surface area contributed by atoms with E-state index in [-0.39, 0.29) is 35.7 Å². The SMILES string of the molecule is CC1=Cc2c(-c3ccccc3)cccc2[CH]1[Zr+2]1([CH]2C(C)=Cc3c(-c4ccccc4)cccc32)=[Si]2CC[Si]=1CC2.[Cl-].[Cl-]. The van der Waals surface area contributed by atoms with Gasteiger partial charge in [0, 0.05) is 0 Å². The molecule has 4 aliphatic rings. The zero-order valence-corrected chi connectivity index (χ0v) is 29.6. The summed E-state index contributed by atoms with van der Waals surface area (Å²) in [5.41, 5.74) is 15.1. The minimum Gasteiger partial charge on any atom is -1.00 e. The second kappa shape index (κ2) is 11.4. The molecule has 4 aromatic rings. The summed E-state index contributed by atoms with van der Waals surface area (Å²) < 4.78 is 1.57. The number of halogens is 2. The molecule has 8 rings (SSSR count). The van der Waals surface area contributed by atoms with E-state index in [1.165, 1.54) is 22.3 Å².